The lowest BCUT2D eigenvalue weighted by Crippen LogP contribution is -2.43. The van der Waals surface area contributed by atoms with Crippen molar-refractivity contribution in [2.75, 3.05) is 31.7 Å². The first kappa shape index (κ1) is 21.3. The lowest BCUT2D eigenvalue weighted by molar-refractivity contribution is 0.328. The van der Waals surface area contributed by atoms with Crippen LogP contribution < -0.4 is 15.4 Å². The highest BCUT2D eigenvalue weighted by molar-refractivity contribution is 7.90. The van der Waals surface area contributed by atoms with Crippen LogP contribution in [0.5, 0.6) is 5.75 Å². The van der Waals surface area contributed by atoms with Crippen molar-refractivity contribution in [3.05, 3.63) is 29.3 Å². The van der Waals surface area contributed by atoms with Crippen LogP contribution >= 0.6 is 0 Å². The molecule has 1 unspecified atom stereocenters. The fourth-order valence-corrected chi connectivity index (χ4v) is 3.14. The molecule has 0 radical (unpaired) electrons. The van der Waals surface area contributed by atoms with E-state index in [1.165, 1.54) is 17.4 Å². The maximum absolute atomic E-state index is 11.3. The highest BCUT2D eigenvalue weighted by atomic mass is 32.2. The average Bonchev–Trinajstić information content (AvgIpc) is 2.48. The van der Waals surface area contributed by atoms with Gasteiger partial charge in [-0.25, -0.2) is 13.4 Å². The molecule has 0 saturated carbocycles. The van der Waals surface area contributed by atoms with Crippen LogP contribution in [0.15, 0.2) is 23.2 Å². The SMILES string of the molecule is CCNC(=NCCOc1cc(C)cc(C)c1)NC(C)CCS(C)(=O)=O. The van der Waals surface area contributed by atoms with Gasteiger partial charge < -0.3 is 15.4 Å². The van der Waals surface area contributed by atoms with Crippen LogP contribution in [-0.2, 0) is 9.84 Å². The normalized spacial score (nSPS) is 13.4. The van der Waals surface area contributed by atoms with Crippen LogP contribution in [0.4, 0.5) is 0 Å². The quantitative estimate of drug-likeness (QED) is 0.396. The maximum atomic E-state index is 11.3. The van der Waals surface area contributed by atoms with E-state index in [-0.39, 0.29) is 11.8 Å². The standard InChI is InChI=1S/C18H31N3O3S/c1-6-19-18(21-16(4)7-10-25(5,22)23)20-8-9-24-17-12-14(2)11-15(3)13-17/h11-13,16H,6-10H2,1-5H3,(H2,19,20,21). The van der Waals surface area contributed by atoms with Gasteiger partial charge in [0.05, 0.1) is 12.3 Å². The molecule has 0 heterocycles. The minimum absolute atomic E-state index is 0.0212. The monoisotopic (exact) mass is 369 g/mol. The Labute approximate surface area is 152 Å². The van der Waals surface area contributed by atoms with Gasteiger partial charge in [-0.05, 0) is 57.4 Å². The van der Waals surface area contributed by atoms with Crippen molar-refractivity contribution in [2.24, 2.45) is 4.99 Å². The second-order valence-electron chi connectivity index (χ2n) is 6.40. The zero-order valence-electron chi connectivity index (χ0n) is 15.9. The summed E-state index contributed by atoms with van der Waals surface area (Å²) in [4.78, 5) is 4.48. The number of ether oxygens (including phenoxy) is 1. The molecular formula is C18H31N3O3S. The van der Waals surface area contributed by atoms with Crippen molar-refractivity contribution in [1.82, 2.24) is 10.6 Å². The Bertz CT molecular complexity index is 652. The average molecular weight is 370 g/mol. The van der Waals surface area contributed by atoms with Crippen LogP contribution in [0.25, 0.3) is 0 Å². The Morgan fingerprint density at radius 1 is 1.24 bits per heavy atom. The summed E-state index contributed by atoms with van der Waals surface area (Å²) in [5, 5.41) is 6.39. The summed E-state index contributed by atoms with van der Waals surface area (Å²) in [6.45, 7) is 9.77. The van der Waals surface area contributed by atoms with Crippen LogP contribution in [0.2, 0.25) is 0 Å². The van der Waals surface area contributed by atoms with E-state index in [0.717, 1.165) is 12.3 Å². The Kier molecular flexibility index (Phi) is 8.75. The maximum Gasteiger partial charge on any atom is 0.191 e. The topological polar surface area (TPSA) is 79.8 Å². The summed E-state index contributed by atoms with van der Waals surface area (Å²) in [7, 11) is -2.95. The van der Waals surface area contributed by atoms with E-state index in [2.05, 4.69) is 21.7 Å². The number of aliphatic imine (C=N–C) groups is 1. The summed E-state index contributed by atoms with van der Waals surface area (Å²) in [6.07, 6.45) is 1.80. The van der Waals surface area contributed by atoms with Gasteiger partial charge >= 0.3 is 0 Å². The van der Waals surface area contributed by atoms with E-state index in [9.17, 15) is 8.42 Å². The summed E-state index contributed by atoms with van der Waals surface area (Å²) < 4.78 is 28.3. The van der Waals surface area contributed by atoms with Crippen molar-refractivity contribution in [3.63, 3.8) is 0 Å². The third-order valence-electron chi connectivity index (χ3n) is 3.47. The van der Waals surface area contributed by atoms with E-state index in [0.29, 0.717) is 25.5 Å². The molecule has 0 spiro atoms. The molecule has 1 aromatic rings. The molecule has 0 aliphatic rings. The predicted octanol–water partition coefficient (Wildman–Crippen LogP) is 2.06. The third-order valence-corrected chi connectivity index (χ3v) is 4.45. The smallest absolute Gasteiger partial charge is 0.191 e. The Morgan fingerprint density at radius 2 is 1.88 bits per heavy atom. The summed E-state index contributed by atoms with van der Waals surface area (Å²) in [6, 6.07) is 6.14. The Balaban J connectivity index is 2.48. The van der Waals surface area contributed by atoms with Gasteiger partial charge in [0.15, 0.2) is 5.96 Å². The van der Waals surface area contributed by atoms with Gasteiger partial charge in [-0.15, -0.1) is 0 Å². The Hall–Kier alpha value is -1.76. The molecular weight excluding hydrogens is 338 g/mol. The second kappa shape index (κ2) is 10.3. The zero-order valence-corrected chi connectivity index (χ0v) is 16.7. The molecule has 0 aliphatic carbocycles. The second-order valence-corrected chi connectivity index (χ2v) is 8.66. The summed E-state index contributed by atoms with van der Waals surface area (Å²) in [5.41, 5.74) is 2.35. The molecule has 7 heteroatoms. The fraction of sp³-hybridized carbons (Fsp3) is 0.611. The minimum atomic E-state index is -2.95. The van der Waals surface area contributed by atoms with Crippen LogP contribution in [0.1, 0.15) is 31.4 Å². The van der Waals surface area contributed by atoms with Gasteiger partial charge in [-0.2, -0.15) is 0 Å². The van der Waals surface area contributed by atoms with Crippen LogP contribution in [-0.4, -0.2) is 52.1 Å². The number of sulfone groups is 1. The summed E-state index contributed by atoms with van der Waals surface area (Å²) >= 11 is 0. The van der Waals surface area contributed by atoms with Crippen molar-refractivity contribution >= 4 is 15.8 Å². The number of hydrogen-bond acceptors (Lipinski definition) is 4. The third kappa shape index (κ3) is 9.96. The van der Waals surface area contributed by atoms with Gasteiger partial charge in [-0.3, -0.25) is 0 Å². The number of nitrogens with one attached hydrogen (secondary N) is 2. The van der Waals surface area contributed by atoms with Crippen LogP contribution in [0, 0.1) is 13.8 Å². The van der Waals surface area contributed by atoms with Crippen molar-refractivity contribution in [2.45, 2.75) is 40.2 Å². The zero-order chi connectivity index (χ0) is 18.9. The molecule has 0 saturated heterocycles. The van der Waals surface area contributed by atoms with E-state index in [4.69, 9.17) is 4.74 Å². The fourth-order valence-electron chi connectivity index (χ4n) is 2.35. The summed E-state index contributed by atoms with van der Waals surface area (Å²) in [5.74, 6) is 1.69. The van der Waals surface area contributed by atoms with Gasteiger partial charge in [-0.1, -0.05) is 6.07 Å². The van der Waals surface area contributed by atoms with Crippen molar-refractivity contribution in [3.8, 4) is 5.75 Å². The number of guanidine groups is 1. The molecule has 2 N–H and O–H groups in total. The number of rotatable bonds is 9. The van der Waals surface area contributed by atoms with Crippen molar-refractivity contribution < 1.29 is 13.2 Å². The molecule has 0 amide bonds. The molecule has 1 aromatic carbocycles. The largest absolute Gasteiger partial charge is 0.492 e. The number of hydrogen-bond donors (Lipinski definition) is 2. The molecule has 1 atom stereocenters. The van der Waals surface area contributed by atoms with Gasteiger partial charge in [0.1, 0.15) is 22.2 Å². The Morgan fingerprint density at radius 3 is 2.44 bits per heavy atom. The van der Waals surface area contributed by atoms with E-state index < -0.39 is 9.84 Å². The molecule has 25 heavy (non-hydrogen) atoms. The number of benzene rings is 1. The van der Waals surface area contributed by atoms with E-state index in [1.807, 2.05) is 39.8 Å². The first-order chi connectivity index (χ1) is 11.7. The molecule has 0 aliphatic heterocycles. The number of nitrogens with zero attached hydrogens (tertiary/aromatic N) is 1. The van der Waals surface area contributed by atoms with E-state index in [1.54, 1.807) is 0 Å². The highest BCUT2D eigenvalue weighted by Gasteiger charge is 2.09. The molecule has 6 nitrogen and oxygen atoms in total. The van der Waals surface area contributed by atoms with Gasteiger partial charge in [0, 0.05) is 18.8 Å². The van der Waals surface area contributed by atoms with Crippen LogP contribution in [0.3, 0.4) is 0 Å². The molecule has 142 valence electrons. The highest BCUT2D eigenvalue weighted by Crippen LogP contribution is 2.15. The molecule has 0 aromatic heterocycles. The minimum Gasteiger partial charge on any atom is -0.492 e. The molecule has 0 bridgehead atoms. The number of aryl methyl sites for hydroxylation is 2. The van der Waals surface area contributed by atoms with Gasteiger partial charge in [0.25, 0.3) is 0 Å². The molecule has 1 rings (SSSR count). The lowest BCUT2D eigenvalue weighted by atomic mass is 10.1. The molecule has 0 fully saturated rings. The van der Waals surface area contributed by atoms with Gasteiger partial charge in [0.2, 0.25) is 0 Å². The predicted molar refractivity (Wildman–Crippen MR) is 104 cm³/mol. The first-order valence-electron chi connectivity index (χ1n) is 8.63. The van der Waals surface area contributed by atoms with E-state index >= 15 is 0 Å². The lowest BCUT2D eigenvalue weighted by Gasteiger charge is -2.17. The first-order valence-corrected chi connectivity index (χ1v) is 10.7. The van der Waals surface area contributed by atoms with Crippen molar-refractivity contribution in [1.29, 1.82) is 0 Å².